The molecule has 0 radical (unpaired) electrons. The molecule has 2 rings (SSSR count). The number of benzene rings is 1. The molecule has 0 aromatic heterocycles. The Balaban J connectivity index is 2.59. The molecule has 0 aliphatic carbocycles. The van der Waals surface area contributed by atoms with Crippen LogP contribution in [0.5, 0.6) is 5.75 Å². The zero-order valence-corrected chi connectivity index (χ0v) is 6.37. The van der Waals surface area contributed by atoms with Crippen molar-refractivity contribution in [2.75, 3.05) is 0 Å². The Kier molecular flexibility index (Phi) is 1.33. The van der Waals surface area contributed by atoms with Crippen LogP contribution in [0.2, 0.25) is 0 Å². The van der Waals surface area contributed by atoms with Crippen LogP contribution < -0.4 is 21.8 Å². The van der Waals surface area contributed by atoms with Crippen molar-refractivity contribution < 1.29 is 4.84 Å². The predicted octanol–water partition coefficient (Wildman–Crippen LogP) is 0.127. The topological polar surface area (TPSA) is 73.3 Å². The summed E-state index contributed by atoms with van der Waals surface area (Å²) in [6.07, 6.45) is 0. The van der Waals surface area contributed by atoms with Crippen molar-refractivity contribution in [3.05, 3.63) is 35.6 Å². The number of para-hydroxylation sites is 1. The highest BCUT2D eigenvalue weighted by Crippen LogP contribution is 2.25. The third-order valence-corrected chi connectivity index (χ3v) is 1.74. The van der Waals surface area contributed by atoms with Crippen LogP contribution in [0.3, 0.4) is 0 Å². The molecule has 1 aliphatic rings. The van der Waals surface area contributed by atoms with Gasteiger partial charge in [0.25, 0.3) is 0 Å². The number of nitrogens with one attached hydrogen (secondary N) is 1. The molecule has 0 unspecified atom stereocenters. The first-order valence-corrected chi connectivity index (χ1v) is 3.56. The molecule has 0 amide bonds. The third-order valence-electron chi connectivity index (χ3n) is 1.74. The SMILES string of the molecule is NC1=C(N)c2ccccc2ON1. The van der Waals surface area contributed by atoms with E-state index in [9.17, 15) is 0 Å². The van der Waals surface area contributed by atoms with Gasteiger partial charge < -0.3 is 16.3 Å². The molecule has 12 heavy (non-hydrogen) atoms. The zero-order chi connectivity index (χ0) is 8.55. The minimum atomic E-state index is 0.355. The second kappa shape index (κ2) is 2.34. The molecule has 1 aliphatic heterocycles. The van der Waals surface area contributed by atoms with Crippen molar-refractivity contribution in [3.8, 4) is 5.75 Å². The Morgan fingerprint density at radius 3 is 2.75 bits per heavy atom. The second-order valence-corrected chi connectivity index (χ2v) is 2.53. The van der Waals surface area contributed by atoms with Crippen LogP contribution in [0.1, 0.15) is 5.56 Å². The molecular weight excluding hydrogens is 154 g/mol. The summed E-state index contributed by atoms with van der Waals surface area (Å²) in [5.41, 5.74) is 15.1. The fourth-order valence-electron chi connectivity index (χ4n) is 1.09. The van der Waals surface area contributed by atoms with Crippen molar-refractivity contribution in [1.82, 2.24) is 5.48 Å². The maximum atomic E-state index is 5.70. The van der Waals surface area contributed by atoms with E-state index in [2.05, 4.69) is 5.48 Å². The number of nitrogens with two attached hydrogens (primary N) is 2. The van der Waals surface area contributed by atoms with E-state index in [0.717, 1.165) is 5.56 Å². The van der Waals surface area contributed by atoms with E-state index in [1.165, 1.54) is 0 Å². The highest BCUT2D eigenvalue weighted by molar-refractivity contribution is 5.70. The molecule has 1 heterocycles. The van der Waals surface area contributed by atoms with Crippen LogP contribution in [0, 0.1) is 0 Å². The molecule has 5 N–H and O–H groups in total. The number of hydroxylamine groups is 1. The van der Waals surface area contributed by atoms with E-state index in [-0.39, 0.29) is 0 Å². The van der Waals surface area contributed by atoms with Crippen LogP contribution in [-0.4, -0.2) is 0 Å². The van der Waals surface area contributed by atoms with Gasteiger partial charge in [-0.1, -0.05) is 12.1 Å². The second-order valence-electron chi connectivity index (χ2n) is 2.53. The van der Waals surface area contributed by atoms with E-state index in [1.54, 1.807) is 0 Å². The van der Waals surface area contributed by atoms with Gasteiger partial charge in [-0.05, 0) is 12.1 Å². The van der Waals surface area contributed by atoms with Gasteiger partial charge in [-0.2, -0.15) is 0 Å². The van der Waals surface area contributed by atoms with Gasteiger partial charge in [0.2, 0.25) is 0 Å². The van der Waals surface area contributed by atoms with E-state index in [1.807, 2.05) is 24.3 Å². The highest BCUT2D eigenvalue weighted by atomic mass is 16.6. The Morgan fingerprint density at radius 1 is 1.17 bits per heavy atom. The molecule has 0 fully saturated rings. The van der Waals surface area contributed by atoms with Gasteiger partial charge in [-0.15, -0.1) is 0 Å². The normalized spacial score (nSPS) is 14.7. The summed E-state index contributed by atoms with van der Waals surface area (Å²) in [7, 11) is 0. The molecule has 1 aromatic carbocycles. The molecule has 4 nitrogen and oxygen atoms in total. The summed E-state index contributed by atoms with van der Waals surface area (Å²) in [6, 6.07) is 7.43. The largest absolute Gasteiger partial charge is 0.395 e. The fraction of sp³-hybridized carbons (Fsp3) is 0. The fourth-order valence-corrected chi connectivity index (χ4v) is 1.09. The van der Waals surface area contributed by atoms with E-state index >= 15 is 0 Å². The summed E-state index contributed by atoms with van der Waals surface area (Å²) in [5, 5.41) is 0. The first kappa shape index (κ1) is 6.84. The van der Waals surface area contributed by atoms with E-state index in [4.69, 9.17) is 16.3 Å². The quantitative estimate of drug-likeness (QED) is 0.508. The van der Waals surface area contributed by atoms with Crippen molar-refractivity contribution in [2.45, 2.75) is 0 Å². The first-order chi connectivity index (χ1) is 5.79. The summed E-state index contributed by atoms with van der Waals surface area (Å²) in [6.45, 7) is 0. The summed E-state index contributed by atoms with van der Waals surface area (Å²) in [4.78, 5) is 5.09. The van der Waals surface area contributed by atoms with Crippen LogP contribution in [0.25, 0.3) is 5.70 Å². The van der Waals surface area contributed by atoms with Gasteiger partial charge in [0.1, 0.15) is 0 Å². The number of fused-ring (bicyclic) bond motifs is 1. The summed E-state index contributed by atoms with van der Waals surface area (Å²) in [5.74, 6) is 1.05. The molecule has 0 spiro atoms. The highest BCUT2D eigenvalue weighted by Gasteiger charge is 2.14. The average molecular weight is 163 g/mol. The maximum Gasteiger partial charge on any atom is 0.164 e. The van der Waals surface area contributed by atoms with Gasteiger partial charge >= 0.3 is 0 Å². The Labute approximate surface area is 69.8 Å². The van der Waals surface area contributed by atoms with Crippen LogP contribution in [0.4, 0.5) is 0 Å². The first-order valence-electron chi connectivity index (χ1n) is 3.56. The minimum Gasteiger partial charge on any atom is -0.395 e. The van der Waals surface area contributed by atoms with Gasteiger partial charge in [-0.25, -0.2) is 5.48 Å². The lowest BCUT2D eigenvalue weighted by Crippen LogP contribution is -2.31. The van der Waals surface area contributed by atoms with Crippen molar-refractivity contribution in [3.63, 3.8) is 0 Å². The molecule has 1 aromatic rings. The van der Waals surface area contributed by atoms with Gasteiger partial charge in [0.15, 0.2) is 11.6 Å². The predicted molar refractivity (Wildman–Crippen MR) is 45.5 cm³/mol. The average Bonchev–Trinajstić information content (AvgIpc) is 2.12. The standard InChI is InChI=1S/C8H9N3O/c9-7-5-3-1-2-4-6(5)12-11-8(7)10/h1-4,11H,9-10H2. The molecule has 62 valence electrons. The lowest BCUT2D eigenvalue weighted by Gasteiger charge is -2.19. The van der Waals surface area contributed by atoms with Crippen LogP contribution in [0.15, 0.2) is 30.1 Å². The number of rotatable bonds is 0. The monoisotopic (exact) mass is 163 g/mol. The Morgan fingerprint density at radius 2 is 1.92 bits per heavy atom. The van der Waals surface area contributed by atoms with Gasteiger partial charge in [-0.3, -0.25) is 0 Å². The molecule has 4 heteroatoms. The Bertz CT molecular complexity index is 346. The Hall–Kier alpha value is -1.84. The lowest BCUT2D eigenvalue weighted by atomic mass is 10.1. The third kappa shape index (κ3) is 0.852. The molecule has 0 saturated heterocycles. The van der Waals surface area contributed by atoms with Crippen molar-refractivity contribution in [2.24, 2.45) is 11.5 Å². The van der Waals surface area contributed by atoms with E-state index < -0.39 is 0 Å². The van der Waals surface area contributed by atoms with Crippen LogP contribution >= 0.6 is 0 Å². The van der Waals surface area contributed by atoms with E-state index in [0.29, 0.717) is 17.3 Å². The lowest BCUT2D eigenvalue weighted by molar-refractivity contribution is 0.222. The minimum absolute atomic E-state index is 0.355. The van der Waals surface area contributed by atoms with Crippen molar-refractivity contribution in [1.29, 1.82) is 0 Å². The van der Waals surface area contributed by atoms with Crippen LogP contribution in [-0.2, 0) is 0 Å². The number of hydrogen-bond acceptors (Lipinski definition) is 4. The number of hydrogen-bond donors (Lipinski definition) is 3. The molecule has 0 bridgehead atoms. The molecule has 0 saturated carbocycles. The van der Waals surface area contributed by atoms with Gasteiger partial charge in [0.05, 0.1) is 5.70 Å². The molecular formula is C8H9N3O. The molecule has 0 atom stereocenters. The smallest absolute Gasteiger partial charge is 0.164 e. The summed E-state index contributed by atoms with van der Waals surface area (Å²) < 4.78 is 0. The van der Waals surface area contributed by atoms with Gasteiger partial charge in [0, 0.05) is 5.56 Å². The van der Waals surface area contributed by atoms with Crippen molar-refractivity contribution >= 4 is 5.70 Å². The summed E-state index contributed by atoms with van der Waals surface area (Å²) >= 11 is 0. The zero-order valence-electron chi connectivity index (χ0n) is 6.37. The maximum absolute atomic E-state index is 5.70.